The number of halogens is 2. The van der Waals surface area contributed by atoms with Crippen LogP contribution >= 0.6 is 56.1 Å². The fraction of sp³-hybridized carbons (Fsp3) is 1.00. The Morgan fingerprint density at radius 3 is 1.46 bits per heavy atom. The molecule has 0 aliphatic rings. The van der Waals surface area contributed by atoms with Crippen LogP contribution < -0.4 is 0 Å². The Kier molecular flexibility index (Phi) is 37.9. The zero-order chi connectivity index (χ0) is 7.82. The Labute approximate surface area is 131 Å². The van der Waals surface area contributed by atoms with Crippen LogP contribution in [0.25, 0.3) is 0 Å². The van der Waals surface area contributed by atoms with E-state index in [0.717, 1.165) is 12.3 Å². The standard InChI is InChI=1S/C8H19OP.2HI.Ir/c1-3-5-7-10(9)8-6-4-2;;;/h9H,3-8H2,1-2H3;2*1H;. The molecular formula is C8H21I2IrOP. The SMILES string of the molecule is CCCCP(O)CCCC.I.I.[Ir]. The van der Waals surface area contributed by atoms with Crippen LogP contribution in [0, 0.1) is 0 Å². The molecule has 0 saturated heterocycles. The minimum Gasteiger partial charge on any atom is -0.374 e. The molecule has 0 aromatic heterocycles. The Hall–Kier alpha value is 2.50. The van der Waals surface area contributed by atoms with Crippen LogP contribution in [0.15, 0.2) is 0 Å². The number of hydrogen-bond acceptors (Lipinski definition) is 1. The van der Waals surface area contributed by atoms with Gasteiger partial charge in [-0.05, 0) is 25.2 Å². The van der Waals surface area contributed by atoms with E-state index >= 15 is 0 Å². The van der Waals surface area contributed by atoms with E-state index in [9.17, 15) is 4.89 Å². The zero-order valence-corrected chi connectivity index (χ0v) is 16.2. The second kappa shape index (κ2) is 20.0. The molecule has 0 aliphatic carbocycles. The van der Waals surface area contributed by atoms with Crippen LogP contribution in [-0.2, 0) is 20.1 Å². The molecule has 0 aromatic carbocycles. The van der Waals surface area contributed by atoms with Crippen molar-refractivity contribution in [2.75, 3.05) is 12.3 Å². The molecule has 13 heavy (non-hydrogen) atoms. The number of hydrogen-bond donors (Lipinski definition) is 1. The minimum absolute atomic E-state index is 0. The van der Waals surface area contributed by atoms with Crippen LogP contribution in [0.3, 0.4) is 0 Å². The first kappa shape index (κ1) is 24.6. The topological polar surface area (TPSA) is 20.2 Å². The molecule has 0 bridgehead atoms. The molecule has 87 valence electrons. The summed E-state index contributed by atoms with van der Waals surface area (Å²) in [4.78, 5) is 9.38. The predicted molar refractivity (Wildman–Crippen MR) is 79.5 cm³/mol. The van der Waals surface area contributed by atoms with Crippen molar-refractivity contribution in [2.24, 2.45) is 0 Å². The average molecular weight is 610 g/mol. The second-order valence-electron chi connectivity index (χ2n) is 2.66. The first-order chi connectivity index (χ1) is 4.81. The Bertz CT molecular complexity index is 71.2. The zero-order valence-electron chi connectivity index (χ0n) is 8.29. The maximum Gasteiger partial charge on any atom is 0.0251 e. The van der Waals surface area contributed by atoms with Crippen molar-refractivity contribution in [3.05, 3.63) is 0 Å². The molecule has 0 aromatic rings. The van der Waals surface area contributed by atoms with Gasteiger partial charge in [0.25, 0.3) is 0 Å². The summed E-state index contributed by atoms with van der Waals surface area (Å²) in [5, 5.41) is 0. The molecule has 1 nitrogen and oxygen atoms in total. The molecule has 0 amide bonds. The summed E-state index contributed by atoms with van der Waals surface area (Å²) >= 11 is 0. The van der Waals surface area contributed by atoms with Gasteiger partial charge in [-0.15, -0.1) is 48.0 Å². The molecule has 1 N–H and O–H groups in total. The first-order valence-corrected chi connectivity index (χ1v) is 5.91. The van der Waals surface area contributed by atoms with Gasteiger partial charge in [-0.25, -0.2) is 0 Å². The second-order valence-corrected chi connectivity index (χ2v) is 4.57. The van der Waals surface area contributed by atoms with Gasteiger partial charge in [0.15, 0.2) is 0 Å². The quantitative estimate of drug-likeness (QED) is 0.354. The van der Waals surface area contributed by atoms with Crippen molar-refractivity contribution < 1.29 is 25.0 Å². The maximum absolute atomic E-state index is 9.38. The van der Waals surface area contributed by atoms with Gasteiger partial charge < -0.3 is 4.89 Å². The maximum atomic E-state index is 9.38. The molecule has 0 rings (SSSR count). The van der Waals surface area contributed by atoms with Crippen LogP contribution in [-0.4, -0.2) is 17.2 Å². The number of rotatable bonds is 6. The van der Waals surface area contributed by atoms with E-state index in [1.54, 1.807) is 0 Å². The summed E-state index contributed by atoms with van der Waals surface area (Å²) in [5.41, 5.74) is 0. The van der Waals surface area contributed by atoms with Crippen molar-refractivity contribution in [1.82, 2.24) is 0 Å². The normalized spacial score (nSPS) is 8.31. The van der Waals surface area contributed by atoms with Crippen molar-refractivity contribution >= 4 is 56.1 Å². The summed E-state index contributed by atoms with van der Waals surface area (Å²) in [6.07, 6.45) is 6.95. The molecule has 0 spiro atoms. The van der Waals surface area contributed by atoms with Gasteiger partial charge in [-0.1, -0.05) is 26.7 Å². The van der Waals surface area contributed by atoms with Gasteiger partial charge in [0, 0.05) is 28.3 Å². The van der Waals surface area contributed by atoms with Crippen LogP contribution in [0.1, 0.15) is 39.5 Å². The molecule has 0 atom stereocenters. The molecule has 0 unspecified atom stereocenters. The Morgan fingerprint density at radius 2 is 1.23 bits per heavy atom. The fourth-order valence-electron chi connectivity index (χ4n) is 0.793. The van der Waals surface area contributed by atoms with Gasteiger partial charge in [-0.2, -0.15) is 0 Å². The minimum atomic E-state index is -0.592. The molecule has 5 heteroatoms. The van der Waals surface area contributed by atoms with Gasteiger partial charge in [0.1, 0.15) is 0 Å². The molecule has 0 fully saturated rings. The first-order valence-electron chi connectivity index (χ1n) is 4.25. The van der Waals surface area contributed by atoms with Crippen LogP contribution in [0.4, 0.5) is 0 Å². The fourth-order valence-corrected chi connectivity index (χ4v) is 2.38. The number of unbranched alkanes of at least 4 members (excludes halogenated alkanes) is 2. The van der Waals surface area contributed by atoms with Crippen molar-refractivity contribution in [3.8, 4) is 0 Å². The summed E-state index contributed by atoms with van der Waals surface area (Å²) in [6.45, 7) is 4.34. The summed E-state index contributed by atoms with van der Waals surface area (Å²) in [5.74, 6) is 0. The summed E-state index contributed by atoms with van der Waals surface area (Å²) < 4.78 is 0. The third kappa shape index (κ3) is 20.5. The largest absolute Gasteiger partial charge is 0.374 e. The molecule has 0 saturated carbocycles. The molecule has 0 heterocycles. The van der Waals surface area contributed by atoms with Crippen LogP contribution in [0.2, 0.25) is 0 Å². The third-order valence-corrected chi connectivity index (χ3v) is 3.20. The van der Waals surface area contributed by atoms with Crippen LogP contribution in [0.5, 0.6) is 0 Å². The van der Waals surface area contributed by atoms with Crippen molar-refractivity contribution in [3.63, 3.8) is 0 Å². The van der Waals surface area contributed by atoms with E-state index in [0.29, 0.717) is 0 Å². The van der Waals surface area contributed by atoms with E-state index in [1.807, 2.05) is 0 Å². The van der Waals surface area contributed by atoms with Gasteiger partial charge in [0.2, 0.25) is 0 Å². The molecule has 1 radical (unpaired) electrons. The Morgan fingerprint density at radius 1 is 0.923 bits per heavy atom. The molecular weight excluding hydrogens is 589 g/mol. The van der Waals surface area contributed by atoms with E-state index < -0.39 is 8.15 Å². The predicted octanol–water partition coefficient (Wildman–Crippen LogP) is 4.21. The monoisotopic (exact) mass is 611 g/mol. The Balaban J connectivity index is -0.000000135. The van der Waals surface area contributed by atoms with Crippen molar-refractivity contribution in [1.29, 1.82) is 0 Å². The smallest absolute Gasteiger partial charge is 0.0251 e. The van der Waals surface area contributed by atoms with E-state index in [2.05, 4.69) is 13.8 Å². The third-order valence-electron chi connectivity index (χ3n) is 1.54. The summed E-state index contributed by atoms with van der Waals surface area (Å²) in [7, 11) is -0.592. The molecule has 0 aliphatic heterocycles. The van der Waals surface area contributed by atoms with E-state index in [-0.39, 0.29) is 68.1 Å². The average Bonchev–Trinajstić information content (AvgIpc) is 1.97. The van der Waals surface area contributed by atoms with Crippen molar-refractivity contribution in [2.45, 2.75) is 39.5 Å². The van der Waals surface area contributed by atoms with E-state index in [4.69, 9.17) is 0 Å². The van der Waals surface area contributed by atoms with Gasteiger partial charge >= 0.3 is 0 Å². The van der Waals surface area contributed by atoms with E-state index in [1.165, 1.54) is 25.7 Å². The van der Waals surface area contributed by atoms with Gasteiger partial charge in [-0.3, -0.25) is 0 Å². The van der Waals surface area contributed by atoms with Gasteiger partial charge in [0.05, 0.1) is 0 Å². The summed E-state index contributed by atoms with van der Waals surface area (Å²) in [6, 6.07) is 0.